The van der Waals surface area contributed by atoms with Gasteiger partial charge in [-0.25, -0.2) is 4.98 Å². The maximum Gasteiger partial charge on any atom is 0.170 e. The van der Waals surface area contributed by atoms with Gasteiger partial charge in [-0.05, 0) is 41.9 Å². The van der Waals surface area contributed by atoms with Crippen molar-refractivity contribution in [2.75, 3.05) is 18.0 Å². The molecule has 1 aliphatic heterocycles. The van der Waals surface area contributed by atoms with Crippen molar-refractivity contribution in [1.29, 1.82) is 0 Å². The van der Waals surface area contributed by atoms with Crippen LogP contribution < -0.4 is 4.90 Å². The van der Waals surface area contributed by atoms with E-state index >= 15 is 0 Å². The molecule has 5 heteroatoms. The van der Waals surface area contributed by atoms with E-state index in [1.54, 1.807) is 0 Å². The largest absolute Gasteiger partial charge is 0.372 e. The number of rotatable bonds is 2. The van der Waals surface area contributed by atoms with Crippen molar-refractivity contribution in [2.45, 2.75) is 26.1 Å². The Bertz CT molecular complexity index is 415. The number of hydrogen-bond donors (Lipinski definition) is 0. The molecule has 1 aromatic rings. The summed E-state index contributed by atoms with van der Waals surface area (Å²) in [5, 5.41) is 0. The average Bonchev–Trinajstić information content (AvgIpc) is 2.27. The number of pyridine rings is 1. The first-order chi connectivity index (χ1) is 8.10. The van der Waals surface area contributed by atoms with Crippen LogP contribution in [0.15, 0.2) is 16.7 Å². The van der Waals surface area contributed by atoms with Gasteiger partial charge in [-0.3, -0.25) is 4.79 Å². The van der Waals surface area contributed by atoms with E-state index in [1.165, 1.54) is 0 Å². The molecule has 0 radical (unpaired) electrons. The number of carbonyl (C=O) groups excluding carboxylic acids is 1. The van der Waals surface area contributed by atoms with Crippen LogP contribution in [-0.2, 0) is 4.74 Å². The Hall–Kier alpha value is -0.940. The number of halogens is 1. The molecule has 0 spiro atoms. The highest BCUT2D eigenvalue weighted by Crippen LogP contribution is 2.24. The molecule has 0 bridgehead atoms. The number of ether oxygens (including phenoxy) is 1. The lowest BCUT2D eigenvalue weighted by Gasteiger charge is -2.37. The second-order valence-electron chi connectivity index (χ2n) is 4.32. The standard InChI is InChI=1S/C12H15BrN2O2/c1-8-5-15(6-9(2)17-8)11-3-4-12(13)14-10(11)7-16/h3-4,7-9H,5-6H2,1-2H3/t8-,9+. The van der Waals surface area contributed by atoms with Crippen LogP contribution in [0.5, 0.6) is 0 Å². The van der Waals surface area contributed by atoms with E-state index in [-0.39, 0.29) is 12.2 Å². The zero-order chi connectivity index (χ0) is 12.4. The molecule has 0 unspecified atom stereocenters. The van der Waals surface area contributed by atoms with Crippen molar-refractivity contribution in [3.63, 3.8) is 0 Å². The molecule has 92 valence electrons. The lowest BCUT2D eigenvalue weighted by atomic mass is 10.2. The lowest BCUT2D eigenvalue weighted by Crippen LogP contribution is -2.45. The molecule has 1 aliphatic rings. The molecule has 0 amide bonds. The Labute approximate surface area is 109 Å². The average molecular weight is 299 g/mol. The molecule has 17 heavy (non-hydrogen) atoms. The van der Waals surface area contributed by atoms with Gasteiger partial charge in [0.05, 0.1) is 17.9 Å². The van der Waals surface area contributed by atoms with Gasteiger partial charge in [0.2, 0.25) is 0 Å². The molecule has 2 atom stereocenters. The van der Waals surface area contributed by atoms with Crippen LogP contribution in [0.4, 0.5) is 5.69 Å². The molecule has 4 nitrogen and oxygen atoms in total. The summed E-state index contributed by atoms with van der Waals surface area (Å²) >= 11 is 3.27. The van der Waals surface area contributed by atoms with Crippen LogP contribution in [0.25, 0.3) is 0 Å². The molecule has 0 aromatic carbocycles. The third kappa shape index (κ3) is 2.84. The van der Waals surface area contributed by atoms with Crippen LogP contribution in [0.2, 0.25) is 0 Å². The topological polar surface area (TPSA) is 42.4 Å². The first-order valence-corrected chi connectivity index (χ1v) is 6.41. The van der Waals surface area contributed by atoms with Crippen molar-refractivity contribution in [1.82, 2.24) is 4.98 Å². The summed E-state index contributed by atoms with van der Waals surface area (Å²) in [6.45, 7) is 5.65. The van der Waals surface area contributed by atoms with E-state index in [0.717, 1.165) is 25.1 Å². The Balaban J connectivity index is 2.29. The van der Waals surface area contributed by atoms with E-state index < -0.39 is 0 Å². The zero-order valence-corrected chi connectivity index (χ0v) is 11.5. The van der Waals surface area contributed by atoms with Crippen LogP contribution in [0, 0.1) is 0 Å². The molecule has 0 N–H and O–H groups in total. The maximum absolute atomic E-state index is 11.0. The van der Waals surface area contributed by atoms with E-state index in [1.807, 2.05) is 26.0 Å². The third-order valence-corrected chi connectivity index (χ3v) is 3.18. The third-order valence-electron chi connectivity index (χ3n) is 2.74. The van der Waals surface area contributed by atoms with Gasteiger partial charge in [0.1, 0.15) is 10.3 Å². The van der Waals surface area contributed by atoms with Gasteiger partial charge in [0.25, 0.3) is 0 Å². The molecule has 0 saturated carbocycles. The number of aromatic nitrogens is 1. The fourth-order valence-corrected chi connectivity index (χ4v) is 2.49. The molecule has 2 heterocycles. The highest BCUT2D eigenvalue weighted by molar-refractivity contribution is 9.10. The van der Waals surface area contributed by atoms with Gasteiger partial charge in [0.15, 0.2) is 6.29 Å². The first kappa shape index (κ1) is 12.5. The molecule has 1 saturated heterocycles. The van der Waals surface area contributed by atoms with Crippen LogP contribution in [0.3, 0.4) is 0 Å². The summed E-state index contributed by atoms with van der Waals surface area (Å²) in [4.78, 5) is 17.4. The van der Waals surface area contributed by atoms with Gasteiger partial charge < -0.3 is 9.64 Å². The Kier molecular flexibility index (Phi) is 3.79. The maximum atomic E-state index is 11.0. The number of morpholine rings is 1. The van der Waals surface area contributed by atoms with E-state index in [2.05, 4.69) is 25.8 Å². The minimum absolute atomic E-state index is 0.168. The lowest BCUT2D eigenvalue weighted by molar-refractivity contribution is -0.00527. The monoisotopic (exact) mass is 298 g/mol. The number of nitrogens with zero attached hydrogens (tertiary/aromatic N) is 2. The molecule has 0 aliphatic carbocycles. The zero-order valence-electron chi connectivity index (χ0n) is 9.89. The molecular formula is C12H15BrN2O2. The fraction of sp³-hybridized carbons (Fsp3) is 0.500. The minimum Gasteiger partial charge on any atom is -0.372 e. The summed E-state index contributed by atoms with van der Waals surface area (Å²) in [6.07, 6.45) is 1.13. The number of anilines is 1. The van der Waals surface area contributed by atoms with Gasteiger partial charge in [-0.1, -0.05) is 0 Å². The molecule has 1 fully saturated rings. The number of aldehydes is 1. The Morgan fingerprint density at radius 3 is 2.65 bits per heavy atom. The predicted octanol–water partition coefficient (Wildman–Crippen LogP) is 2.27. The van der Waals surface area contributed by atoms with E-state index in [4.69, 9.17) is 4.74 Å². The van der Waals surface area contributed by atoms with Crippen LogP contribution >= 0.6 is 15.9 Å². The van der Waals surface area contributed by atoms with Gasteiger partial charge in [-0.2, -0.15) is 0 Å². The van der Waals surface area contributed by atoms with Gasteiger partial charge in [0, 0.05) is 13.1 Å². The van der Waals surface area contributed by atoms with Gasteiger partial charge >= 0.3 is 0 Å². The second-order valence-corrected chi connectivity index (χ2v) is 5.13. The van der Waals surface area contributed by atoms with Crippen molar-refractivity contribution < 1.29 is 9.53 Å². The highest BCUT2D eigenvalue weighted by Gasteiger charge is 2.24. The summed E-state index contributed by atoms with van der Waals surface area (Å²) < 4.78 is 6.35. The van der Waals surface area contributed by atoms with Crippen LogP contribution in [-0.4, -0.2) is 36.6 Å². The quantitative estimate of drug-likeness (QED) is 0.620. The minimum atomic E-state index is 0.168. The summed E-state index contributed by atoms with van der Waals surface area (Å²) in [7, 11) is 0. The normalized spacial score (nSPS) is 24.8. The van der Waals surface area contributed by atoms with E-state index in [9.17, 15) is 4.79 Å². The van der Waals surface area contributed by atoms with Crippen molar-refractivity contribution >= 4 is 27.9 Å². The number of hydrogen-bond acceptors (Lipinski definition) is 4. The second kappa shape index (κ2) is 5.14. The van der Waals surface area contributed by atoms with E-state index in [0.29, 0.717) is 10.3 Å². The fourth-order valence-electron chi connectivity index (χ4n) is 2.17. The molecular weight excluding hydrogens is 284 g/mol. The first-order valence-electron chi connectivity index (χ1n) is 5.62. The summed E-state index contributed by atoms with van der Waals surface area (Å²) in [5.74, 6) is 0. The SMILES string of the molecule is C[C@@H]1CN(c2ccc(Br)nc2C=O)C[C@H](C)O1. The molecule has 2 rings (SSSR count). The van der Waals surface area contributed by atoms with Gasteiger partial charge in [-0.15, -0.1) is 0 Å². The van der Waals surface area contributed by atoms with Crippen molar-refractivity contribution in [3.05, 3.63) is 22.4 Å². The predicted molar refractivity (Wildman–Crippen MR) is 69.5 cm³/mol. The van der Waals surface area contributed by atoms with Crippen molar-refractivity contribution in [3.8, 4) is 0 Å². The smallest absolute Gasteiger partial charge is 0.170 e. The highest BCUT2D eigenvalue weighted by atomic mass is 79.9. The summed E-state index contributed by atoms with van der Waals surface area (Å²) in [6, 6.07) is 3.78. The Morgan fingerprint density at radius 2 is 2.06 bits per heavy atom. The Morgan fingerprint density at radius 1 is 1.41 bits per heavy atom. The number of carbonyl (C=O) groups is 1. The molecule has 1 aromatic heterocycles. The van der Waals surface area contributed by atoms with Crippen LogP contribution in [0.1, 0.15) is 24.3 Å². The van der Waals surface area contributed by atoms with Crippen molar-refractivity contribution in [2.24, 2.45) is 0 Å². The summed E-state index contributed by atoms with van der Waals surface area (Å²) in [5.41, 5.74) is 1.35.